The zero-order valence-electron chi connectivity index (χ0n) is 10.4. The van der Waals surface area contributed by atoms with Crippen molar-refractivity contribution in [2.24, 2.45) is 0 Å². The van der Waals surface area contributed by atoms with Crippen molar-refractivity contribution in [1.82, 2.24) is 9.97 Å². The van der Waals surface area contributed by atoms with Gasteiger partial charge in [-0.3, -0.25) is 0 Å². The summed E-state index contributed by atoms with van der Waals surface area (Å²) in [6, 6.07) is 3.90. The molecule has 102 valence electrons. The highest BCUT2D eigenvalue weighted by Crippen LogP contribution is 2.31. The van der Waals surface area contributed by atoms with Gasteiger partial charge in [0.1, 0.15) is 23.9 Å². The summed E-state index contributed by atoms with van der Waals surface area (Å²) in [6.07, 6.45) is -1.84. The van der Waals surface area contributed by atoms with Gasteiger partial charge in [-0.05, 0) is 19.1 Å². The van der Waals surface area contributed by atoms with Crippen molar-refractivity contribution < 1.29 is 13.2 Å². The molecule has 0 amide bonds. The lowest BCUT2D eigenvalue weighted by atomic mass is 10.0. The molecule has 2 rings (SSSR count). The minimum Gasteiger partial charge on any atom is -0.398 e. The molecule has 20 heavy (non-hydrogen) atoms. The van der Waals surface area contributed by atoms with E-state index < -0.39 is 17.9 Å². The highest BCUT2D eigenvalue weighted by atomic mass is 19.3. The van der Waals surface area contributed by atoms with Crippen LogP contribution in [0, 0.1) is 24.1 Å². The standard InChI is InChI=1S/C13H9F3N4/c1-6-11(19-5-20-12(6)13(15)16)8-3-10(18)7(4-17)2-9(8)14/h2-3,5,13H,18H2,1H3. The molecule has 1 aromatic heterocycles. The Bertz CT molecular complexity index is 707. The molecule has 4 nitrogen and oxygen atoms in total. The van der Waals surface area contributed by atoms with Gasteiger partial charge in [-0.25, -0.2) is 23.1 Å². The molecule has 0 aliphatic heterocycles. The largest absolute Gasteiger partial charge is 0.398 e. The maximum absolute atomic E-state index is 14.0. The van der Waals surface area contributed by atoms with Crippen molar-refractivity contribution in [2.75, 3.05) is 5.73 Å². The molecule has 2 aromatic rings. The van der Waals surface area contributed by atoms with E-state index in [9.17, 15) is 13.2 Å². The monoisotopic (exact) mass is 278 g/mol. The molecule has 0 aliphatic rings. The van der Waals surface area contributed by atoms with Crippen LogP contribution >= 0.6 is 0 Å². The lowest BCUT2D eigenvalue weighted by Gasteiger charge is -2.10. The average molecular weight is 278 g/mol. The molecule has 0 aliphatic carbocycles. The molecule has 2 N–H and O–H groups in total. The SMILES string of the molecule is Cc1c(-c2cc(N)c(C#N)cc2F)ncnc1C(F)F. The number of nitrogens with zero attached hydrogens (tertiary/aromatic N) is 3. The van der Waals surface area contributed by atoms with Crippen LogP contribution in [0.1, 0.15) is 23.2 Å². The Morgan fingerprint density at radius 2 is 2.00 bits per heavy atom. The van der Waals surface area contributed by atoms with E-state index in [1.54, 1.807) is 6.07 Å². The number of nitriles is 1. The van der Waals surface area contributed by atoms with Crippen LogP contribution in [-0.4, -0.2) is 9.97 Å². The van der Waals surface area contributed by atoms with Crippen LogP contribution in [0.5, 0.6) is 0 Å². The molecule has 0 spiro atoms. The van der Waals surface area contributed by atoms with Crippen molar-refractivity contribution in [2.45, 2.75) is 13.3 Å². The highest BCUT2D eigenvalue weighted by molar-refractivity contribution is 5.71. The fourth-order valence-corrected chi connectivity index (χ4v) is 1.82. The molecule has 0 atom stereocenters. The summed E-state index contributed by atoms with van der Waals surface area (Å²) < 4.78 is 39.5. The Labute approximate surface area is 112 Å². The number of alkyl halides is 2. The molecule has 0 unspecified atom stereocenters. The van der Waals surface area contributed by atoms with E-state index in [0.29, 0.717) is 0 Å². The van der Waals surface area contributed by atoms with Gasteiger partial charge in [-0.15, -0.1) is 0 Å². The molecule has 0 bridgehead atoms. The number of anilines is 1. The van der Waals surface area contributed by atoms with Crippen LogP contribution in [0.4, 0.5) is 18.9 Å². The number of hydrogen-bond acceptors (Lipinski definition) is 4. The molecule has 0 fully saturated rings. The van der Waals surface area contributed by atoms with Crippen molar-refractivity contribution in [1.29, 1.82) is 5.26 Å². The molecule has 7 heteroatoms. The summed E-state index contributed by atoms with van der Waals surface area (Å²) in [6.45, 7) is 1.38. The van der Waals surface area contributed by atoms with Crippen LogP contribution in [0.15, 0.2) is 18.5 Å². The van der Waals surface area contributed by atoms with Crippen molar-refractivity contribution >= 4 is 5.69 Å². The lowest BCUT2D eigenvalue weighted by Crippen LogP contribution is -2.02. The van der Waals surface area contributed by atoms with E-state index >= 15 is 0 Å². The summed E-state index contributed by atoms with van der Waals surface area (Å²) in [4.78, 5) is 7.31. The Morgan fingerprint density at radius 3 is 2.60 bits per heavy atom. The van der Waals surface area contributed by atoms with E-state index in [4.69, 9.17) is 11.0 Å². The van der Waals surface area contributed by atoms with Gasteiger partial charge in [-0.1, -0.05) is 0 Å². The average Bonchev–Trinajstić information content (AvgIpc) is 2.41. The zero-order valence-corrected chi connectivity index (χ0v) is 10.4. The predicted octanol–water partition coefficient (Wildman–Crippen LogP) is 2.98. The minimum atomic E-state index is -2.78. The summed E-state index contributed by atoms with van der Waals surface area (Å²) >= 11 is 0. The van der Waals surface area contributed by atoms with Crippen molar-refractivity contribution in [3.8, 4) is 17.3 Å². The van der Waals surface area contributed by atoms with E-state index in [0.717, 1.165) is 12.4 Å². The first kappa shape index (κ1) is 13.8. The van der Waals surface area contributed by atoms with Crippen molar-refractivity contribution in [3.05, 3.63) is 41.1 Å². The second-order valence-electron chi connectivity index (χ2n) is 4.06. The molecular formula is C13H9F3N4. The topological polar surface area (TPSA) is 75.6 Å². The van der Waals surface area contributed by atoms with E-state index in [1.807, 2.05) is 0 Å². The van der Waals surface area contributed by atoms with Gasteiger partial charge >= 0.3 is 0 Å². The van der Waals surface area contributed by atoms with E-state index in [-0.39, 0.29) is 28.1 Å². The van der Waals surface area contributed by atoms with Crippen LogP contribution in [0.2, 0.25) is 0 Å². The fraction of sp³-hybridized carbons (Fsp3) is 0.154. The van der Waals surface area contributed by atoms with Gasteiger partial charge in [-0.2, -0.15) is 5.26 Å². The Kier molecular flexibility index (Phi) is 3.57. The number of benzene rings is 1. The van der Waals surface area contributed by atoms with Crippen molar-refractivity contribution in [3.63, 3.8) is 0 Å². The third-order valence-corrected chi connectivity index (χ3v) is 2.84. The second-order valence-corrected chi connectivity index (χ2v) is 4.06. The van der Waals surface area contributed by atoms with Gasteiger partial charge in [0, 0.05) is 11.1 Å². The van der Waals surface area contributed by atoms with Crippen LogP contribution in [-0.2, 0) is 0 Å². The predicted molar refractivity (Wildman–Crippen MR) is 66.2 cm³/mol. The summed E-state index contributed by atoms with van der Waals surface area (Å²) in [5.74, 6) is -0.752. The molecule has 1 aromatic carbocycles. The number of nitrogen functional groups attached to an aromatic ring is 1. The van der Waals surface area contributed by atoms with E-state index in [2.05, 4.69) is 9.97 Å². The Hall–Kier alpha value is -2.62. The minimum absolute atomic E-state index is 0.0213. The number of halogens is 3. The lowest BCUT2D eigenvalue weighted by molar-refractivity contribution is 0.145. The molecule has 1 heterocycles. The third-order valence-electron chi connectivity index (χ3n) is 2.84. The van der Waals surface area contributed by atoms with Crippen LogP contribution < -0.4 is 5.73 Å². The third kappa shape index (κ3) is 2.28. The van der Waals surface area contributed by atoms with Gasteiger partial charge in [0.2, 0.25) is 0 Å². The van der Waals surface area contributed by atoms with E-state index in [1.165, 1.54) is 13.0 Å². The molecule has 0 radical (unpaired) electrons. The molecular weight excluding hydrogens is 269 g/mol. The Balaban J connectivity index is 2.67. The quantitative estimate of drug-likeness (QED) is 0.857. The highest BCUT2D eigenvalue weighted by Gasteiger charge is 2.19. The number of aromatic nitrogens is 2. The summed E-state index contributed by atoms with van der Waals surface area (Å²) in [7, 11) is 0. The zero-order chi connectivity index (χ0) is 14.9. The molecule has 0 saturated heterocycles. The van der Waals surface area contributed by atoms with Crippen LogP contribution in [0.3, 0.4) is 0 Å². The smallest absolute Gasteiger partial charge is 0.280 e. The summed E-state index contributed by atoms with van der Waals surface area (Å²) in [5.41, 5.74) is 5.25. The first-order valence-electron chi connectivity index (χ1n) is 5.54. The second kappa shape index (κ2) is 5.17. The number of hydrogen-bond donors (Lipinski definition) is 1. The fourth-order valence-electron chi connectivity index (χ4n) is 1.82. The number of nitrogens with two attached hydrogens (primary N) is 1. The summed E-state index contributed by atoms with van der Waals surface area (Å²) in [5, 5.41) is 8.75. The molecule has 0 saturated carbocycles. The normalized spacial score (nSPS) is 10.6. The first-order chi connectivity index (χ1) is 9.45. The van der Waals surface area contributed by atoms with Gasteiger partial charge in [0.15, 0.2) is 0 Å². The number of rotatable bonds is 2. The van der Waals surface area contributed by atoms with Gasteiger partial charge in [0.25, 0.3) is 6.43 Å². The van der Waals surface area contributed by atoms with Crippen LogP contribution in [0.25, 0.3) is 11.3 Å². The first-order valence-corrected chi connectivity index (χ1v) is 5.54. The maximum Gasteiger partial charge on any atom is 0.280 e. The van der Waals surface area contributed by atoms with Gasteiger partial charge in [0.05, 0.1) is 16.9 Å². The maximum atomic E-state index is 14.0. The Morgan fingerprint density at radius 1 is 1.30 bits per heavy atom. The van der Waals surface area contributed by atoms with Gasteiger partial charge < -0.3 is 5.73 Å².